The first-order valence-electron chi connectivity index (χ1n) is 8.25. The van der Waals surface area contributed by atoms with E-state index in [1.807, 2.05) is 30.3 Å². The topological polar surface area (TPSA) is 99.9 Å². The summed E-state index contributed by atoms with van der Waals surface area (Å²) in [5.41, 5.74) is 7.35. The van der Waals surface area contributed by atoms with Gasteiger partial charge in [-0.1, -0.05) is 30.3 Å². The number of alkyl carbamates (subject to hydrolysis) is 1. The third-order valence-electron chi connectivity index (χ3n) is 3.92. The van der Waals surface area contributed by atoms with E-state index in [-0.39, 0.29) is 23.6 Å². The zero-order valence-corrected chi connectivity index (χ0v) is 14.4. The first-order valence-corrected chi connectivity index (χ1v) is 8.25. The van der Waals surface area contributed by atoms with E-state index in [0.29, 0.717) is 24.7 Å². The first kappa shape index (κ1) is 17.6. The lowest BCUT2D eigenvalue weighted by Gasteiger charge is -2.21. The van der Waals surface area contributed by atoms with Crippen LogP contribution in [0.5, 0.6) is 11.5 Å². The maximum Gasteiger partial charge on any atom is 0.408 e. The van der Waals surface area contributed by atoms with Crippen molar-refractivity contribution in [1.82, 2.24) is 5.32 Å². The van der Waals surface area contributed by atoms with Crippen LogP contribution in [0.3, 0.4) is 0 Å². The van der Waals surface area contributed by atoms with E-state index >= 15 is 0 Å². The number of amides is 1. The second kappa shape index (κ2) is 7.77. The van der Waals surface area contributed by atoms with Gasteiger partial charge in [-0.3, -0.25) is 4.79 Å². The Morgan fingerprint density at radius 2 is 1.81 bits per heavy atom. The van der Waals surface area contributed by atoms with Gasteiger partial charge in [0.15, 0.2) is 17.3 Å². The van der Waals surface area contributed by atoms with Crippen LogP contribution in [0.4, 0.5) is 10.5 Å². The minimum Gasteiger partial charge on any atom is -0.486 e. The molecule has 0 radical (unpaired) electrons. The highest BCUT2D eigenvalue weighted by molar-refractivity contribution is 6.05. The largest absolute Gasteiger partial charge is 0.486 e. The van der Waals surface area contributed by atoms with Crippen LogP contribution >= 0.6 is 0 Å². The lowest BCUT2D eigenvalue weighted by atomic mass is 10.0. The molecular weight excluding hydrogens is 336 g/mol. The van der Waals surface area contributed by atoms with Crippen molar-refractivity contribution >= 4 is 17.6 Å². The van der Waals surface area contributed by atoms with Gasteiger partial charge in [0.2, 0.25) is 0 Å². The van der Waals surface area contributed by atoms with Crippen LogP contribution in [-0.4, -0.2) is 31.1 Å². The van der Waals surface area contributed by atoms with Crippen molar-refractivity contribution in [2.24, 2.45) is 0 Å². The predicted molar refractivity (Wildman–Crippen MR) is 95.4 cm³/mol. The minimum atomic E-state index is -0.803. The Balaban J connectivity index is 1.61. The van der Waals surface area contributed by atoms with Crippen molar-refractivity contribution in [3.63, 3.8) is 0 Å². The van der Waals surface area contributed by atoms with Crippen molar-refractivity contribution in [3.05, 3.63) is 53.6 Å². The summed E-state index contributed by atoms with van der Waals surface area (Å²) in [6, 6.07) is 11.6. The van der Waals surface area contributed by atoms with Gasteiger partial charge in [-0.25, -0.2) is 4.79 Å². The molecule has 1 amide bonds. The van der Waals surface area contributed by atoms with Crippen molar-refractivity contribution < 1.29 is 23.8 Å². The van der Waals surface area contributed by atoms with Crippen LogP contribution in [0, 0.1) is 0 Å². The van der Waals surface area contributed by atoms with E-state index in [0.717, 1.165) is 5.56 Å². The average molecular weight is 356 g/mol. The molecule has 0 saturated carbocycles. The maximum atomic E-state index is 12.6. The molecular formula is C19H20N2O5. The third kappa shape index (κ3) is 4.05. The van der Waals surface area contributed by atoms with Crippen LogP contribution in [-0.2, 0) is 11.3 Å². The maximum absolute atomic E-state index is 12.6. The first-order chi connectivity index (χ1) is 12.5. The summed E-state index contributed by atoms with van der Waals surface area (Å²) in [5.74, 6) is 0.636. The van der Waals surface area contributed by atoms with E-state index in [1.165, 1.54) is 0 Å². The lowest BCUT2D eigenvalue weighted by molar-refractivity contribution is 0.0926. The van der Waals surface area contributed by atoms with Gasteiger partial charge in [0.25, 0.3) is 0 Å². The number of hydrogen-bond donors (Lipinski definition) is 2. The number of carbonyl (C=O) groups is 2. The SMILES string of the molecule is C[C@H](NC(=O)OCc1ccccc1)C(=O)c1cc2c(cc1N)OCCO2. The van der Waals surface area contributed by atoms with Crippen LogP contribution in [0.15, 0.2) is 42.5 Å². The molecule has 26 heavy (non-hydrogen) atoms. The van der Waals surface area contributed by atoms with E-state index < -0.39 is 12.1 Å². The van der Waals surface area contributed by atoms with Gasteiger partial charge in [-0.05, 0) is 18.6 Å². The summed E-state index contributed by atoms with van der Waals surface area (Å²) >= 11 is 0. The molecule has 2 aromatic carbocycles. The van der Waals surface area contributed by atoms with Crippen LogP contribution in [0.25, 0.3) is 0 Å². The molecule has 0 saturated heterocycles. The van der Waals surface area contributed by atoms with Crippen LogP contribution in [0.2, 0.25) is 0 Å². The highest BCUT2D eigenvalue weighted by atomic mass is 16.6. The molecule has 0 bridgehead atoms. The molecule has 3 N–H and O–H groups in total. The zero-order chi connectivity index (χ0) is 18.5. The fraction of sp³-hybridized carbons (Fsp3) is 0.263. The second-order valence-corrected chi connectivity index (χ2v) is 5.88. The van der Waals surface area contributed by atoms with E-state index in [4.69, 9.17) is 19.9 Å². The normalized spacial score (nSPS) is 13.6. The van der Waals surface area contributed by atoms with Gasteiger partial charge in [0.05, 0.1) is 6.04 Å². The Bertz CT molecular complexity index is 807. The molecule has 1 aliphatic rings. The van der Waals surface area contributed by atoms with Gasteiger partial charge < -0.3 is 25.3 Å². The van der Waals surface area contributed by atoms with Gasteiger partial charge in [0, 0.05) is 17.3 Å². The number of nitrogens with two attached hydrogens (primary N) is 1. The minimum absolute atomic E-state index is 0.125. The number of rotatable bonds is 5. The fourth-order valence-corrected chi connectivity index (χ4v) is 2.56. The standard InChI is InChI=1S/C19H20N2O5/c1-12(21-19(23)26-11-13-5-3-2-4-6-13)18(22)14-9-16-17(10-15(14)20)25-8-7-24-16/h2-6,9-10,12H,7-8,11,20H2,1H3,(H,21,23)/t12-/m0/s1. The van der Waals surface area contributed by atoms with E-state index in [2.05, 4.69) is 5.32 Å². The molecule has 3 rings (SSSR count). The van der Waals surface area contributed by atoms with Gasteiger partial charge in [-0.2, -0.15) is 0 Å². The van der Waals surface area contributed by atoms with Crippen molar-refractivity contribution in [2.75, 3.05) is 18.9 Å². The van der Waals surface area contributed by atoms with E-state index in [9.17, 15) is 9.59 Å². The molecule has 0 spiro atoms. The Morgan fingerprint density at radius 3 is 2.50 bits per heavy atom. The fourth-order valence-electron chi connectivity index (χ4n) is 2.56. The lowest BCUT2D eigenvalue weighted by Crippen LogP contribution is -2.39. The van der Waals surface area contributed by atoms with Crippen molar-refractivity contribution in [3.8, 4) is 11.5 Å². The molecule has 136 valence electrons. The molecule has 1 atom stereocenters. The third-order valence-corrected chi connectivity index (χ3v) is 3.92. The number of ketones is 1. The number of nitrogen functional groups attached to an aromatic ring is 1. The zero-order valence-electron chi connectivity index (χ0n) is 14.4. The van der Waals surface area contributed by atoms with E-state index in [1.54, 1.807) is 19.1 Å². The summed E-state index contributed by atoms with van der Waals surface area (Å²) in [6.45, 7) is 2.54. The monoisotopic (exact) mass is 356 g/mol. The number of nitrogens with one attached hydrogen (secondary N) is 1. The van der Waals surface area contributed by atoms with Gasteiger partial charge in [-0.15, -0.1) is 0 Å². The van der Waals surface area contributed by atoms with Crippen molar-refractivity contribution in [1.29, 1.82) is 0 Å². The molecule has 0 fully saturated rings. The Kier molecular flexibility index (Phi) is 5.26. The molecule has 1 heterocycles. The number of carbonyl (C=O) groups excluding carboxylic acids is 2. The van der Waals surface area contributed by atoms with Crippen molar-refractivity contribution in [2.45, 2.75) is 19.6 Å². The van der Waals surface area contributed by atoms with Crippen LogP contribution in [0.1, 0.15) is 22.8 Å². The molecule has 1 aliphatic heterocycles. The molecule has 7 heteroatoms. The van der Waals surface area contributed by atoms with Gasteiger partial charge >= 0.3 is 6.09 Å². The molecule has 0 aliphatic carbocycles. The highest BCUT2D eigenvalue weighted by Gasteiger charge is 2.23. The van der Waals surface area contributed by atoms with Crippen LogP contribution < -0.4 is 20.5 Å². The Hall–Kier alpha value is -3.22. The summed E-state index contributed by atoms with van der Waals surface area (Å²) < 4.78 is 16.0. The predicted octanol–water partition coefficient (Wildman–Crippen LogP) is 2.54. The quantitative estimate of drug-likeness (QED) is 0.631. The Morgan fingerprint density at radius 1 is 1.15 bits per heavy atom. The highest BCUT2D eigenvalue weighted by Crippen LogP contribution is 2.34. The number of Topliss-reactive ketones (excluding diaryl/α,β-unsaturated/α-hetero) is 1. The summed E-state index contributed by atoms with van der Waals surface area (Å²) in [4.78, 5) is 24.5. The second-order valence-electron chi connectivity index (χ2n) is 5.88. The number of anilines is 1. The smallest absolute Gasteiger partial charge is 0.408 e. The molecule has 2 aromatic rings. The summed E-state index contributed by atoms with van der Waals surface area (Å²) in [6.07, 6.45) is -0.675. The molecule has 0 aromatic heterocycles. The number of hydrogen-bond acceptors (Lipinski definition) is 6. The summed E-state index contributed by atoms with van der Waals surface area (Å²) in [5, 5.41) is 2.52. The number of fused-ring (bicyclic) bond motifs is 1. The van der Waals surface area contributed by atoms with Gasteiger partial charge in [0.1, 0.15) is 19.8 Å². The summed E-state index contributed by atoms with van der Waals surface area (Å²) in [7, 11) is 0. The number of benzene rings is 2. The Labute approximate surface area is 151 Å². The molecule has 7 nitrogen and oxygen atoms in total. The molecule has 0 unspecified atom stereocenters. The number of ether oxygens (including phenoxy) is 3. The average Bonchev–Trinajstić information content (AvgIpc) is 2.66.